The SMILES string of the molecule is CCN(C(=O)/C=C/c1ccc(C#N)cc1)[C@H]1CC(=O)NC1=O. The number of nitrogens with zero attached hydrogens (tertiary/aromatic N) is 2. The molecule has 0 bridgehead atoms. The molecule has 1 aliphatic rings. The molecule has 1 aromatic carbocycles. The lowest BCUT2D eigenvalue weighted by molar-refractivity contribution is -0.135. The molecule has 1 aromatic rings. The summed E-state index contributed by atoms with van der Waals surface area (Å²) in [5.74, 6) is -1.13. The first-order chi connectivity index (χ1) is 10.5. The summed E-state index contributed by atoms with van der Waals surface area (Å²) in [6.07, 6.45) is 2.98. The van der Waals surface area contributed by atoms with Crippen LogP contribution in [0.4, 0.5) is 0 Å². The molecule has 0 aromatic heterocycles. The van der Waals surface area contributed by atoms with Crippen LogP contribution in [0.15, 0.2) is 30.3 Å². The molecule has 2 rings (SSSR count). The zero-order valence-corrected chi connectivity index (χ0v) is 12.1. The Morgan fingerprint density at radius 2 is 2.09 bits per heavy atom. The van der Waals surface area contributed by atoms with Crippen molar-refractivity contribution in [1.29, 1.82) is 5.26 Å². The van der Waals surface area contributed by atoms with Crippen LogP contribution in [0.2, 0.25) is 0 Å². The molecule has 0 aliphatic carbocycles. The van der Waals surface area contributed by atoms with Gasteiger partial charge in [-0.1, -0.05) is 12.1 Å². The second kappa shape index (κ2) is 6.68. The number of hydrogen-bond acceptors (Lipinski definition) is 4. The number of nitriles is 1. The molecular formula is C16H15N3O3. The molecule has 6 nitrogen and oxygen atoms in total. The van der Waals surface area contributed by atoms with Crippen molar-refractivity contribution >= 4 is 23.8 Å². The van der Waals surface area contributed by atoms with Crippen LogP contribution in [0.25, 0.3) is 6.08 Å². The van der Waals surface area contributed by atoms with Crippen molar-refractivity contribution in [2.45, 2.75) is 19.4 Å². The average Bonchev–Trinajstić information content (AvgIpc) is 2.85. The third-order valence-electron chi connectivity index (χ3n) is 3.40. The first-order valence-electron chi connectivity index (χ1n) is 6.87. The van der Waals surface area contributed by atoms with E-state index in [0.717, 1.165) is 5.56 Å². The fourth-order valence-corrected chi connectivity index (χ4v) is 2.25. The summed E-state index contributed by atoms with van der Waals surface area (Å²) in [4.78, 5) is 36.5. The predicted molar refractivity (Wildman–Crippen MR) is 79.1 cm³/mol. The molecule has 6 heteroatoms. The molecule has 1 heterocycles. The Kier molecular flexibility index (Phi) is 4.69. The molecule has 1 atom stereocenters. The van der Waals surface area contributed by atoms with Crippen LogP contribution >= 0.6 is 0 Å². The minimum absolute atomic E-state index is 0.00309. The summed E-state index contributed by atoms with van der Waals surface area (Å²) in [5.41, 5.74) is 1.31. The number of nitrogens with one attached hydrogen (secondary N) is 1. The number of carbonyl (C=O) groups is 3. The van der Waals surface area contributed by atoms with Crippen LogP contribution in [0, 0.1) is 11.3 Å². The maximum Gasteiger partial charge on any atom is 0.249 e. The Morgan fingerprint density at radius 3 is 2.59 bits per heavy atom. The van der Waals surface area contributed by atoms with E-state index in [0.29, 0.717) is 12.1 Å². The summed E-state index contributed by atoms with van der Waals surface area (Å²) >= 11 is 0. The normalized spacial score (nSPS) is 17.4. The summed E-state index contributed by atoms with van der Waals surface area (Å²) in [7, 11) is 0. The summed E-state index contributed by atoms with van der Waals surface area (Å²) in [6, 6.07) is 8.05. The van der Waals surface area contributed by atoms with E-state index >= 15 is 0 Å². The Morgan fingerprint density at radius 1 is 1.41 bits per heavy atom. The topological polar surface area (TPSA) is 90.3 Å². The quantitative estimate of drug-likeness (QED) is 0.658. The largest absolute Gasteiger partial charge is 0.327 e. The zero-order chi connectivity index (χ0) is 16.1. The molecule has 1 saturated heterocycles. The van der Waals surface area contributed by atoms with Gasteiger partial charge in [-0.25, -0.2) is 0 Å². The molecule has 1 fully saturated rings. The van der Waals surface area contributed by atoms with Crippen molar-refractivity contribution in [3.05, 3.63) is 41.5 Å². The summed E-state index contributed by atoms with van der Waals surface area (Å²) in [6.45, 7) is 2.09. The van der Waals surface area contributed by atoms with Gasteiger partial charge in [0.25, 0.3) is 0 Å². The van der Waals surface area contributed by atoms with Crippen molar-refractivity contribution in [3.63, 3.8) is 0 Å². The number of likely N-dealkylation sites (N-methyl/N-ethyl adjacent to an activating group) is 1. The van der Waals surface area contributed by atoms with Crippen LogP contribution in [0.1, 0.15) is 24.5 Å². The highest BCUT2D eigenvalue weighted by atomic mass is 16.2. The van der Waals surface area contributed by atoms with Crippen LogP contribution in [-0.2, 0) is 14.4 Å². The number of carbonyl (C=O) groups excluding carboxylic acids is 3. The number of hydrogen-bond donors (Lipinski definition) is 1. The van der Waals surface area contributed by atoms with Gasteiger partial charge < -0.3 is 4.90 Å². The smallest absolute Gasteiger partial charge is 0.249 e. The minimum atomic E-state index is -0.740. The molecule has 1 N–H and O–H groups in total. The van der Waals surface area contributed by atoms with Crippen LogP contribution < -0.4 is 5.32 Å². The fourth-order valence-electron chi connectivity index (χ4n) is 2.25. The number of amides is 3. The standard InChI is InChI=1S/C16H15N3O3/c1-2-19(13-9-14(20)18-16(13)22)15(21)8-7-11-3-5-12(10-17)6-4-11/h3-8,13H,2,9H2,1H3,(H,18,20,22)/b8-7+/t13-/m0/s1. The van der Waals surface area contributed by atoms with Gasteiger partial charge in [-0.3, -0.25) is 19.7 Å². The van der Waals surface area contributed by atoms with Gasteiger partial charge in [0, 0.05) is 12.6 Å². The number of imide groups is 1. The van der Waals surface area contributed by atoms with Crippen molar-refractivity contribution in [3.8, 4) is 6.07 Å². The average molecular weight is 297 g/mol. The van der Waals surface area contributed by atoms with E-state index in [1.54, 1.807) is 37.3 Å². The van der Waals surface area contributed by atoms with Gasteiger partial charge in [0.1, 0.15) is 6.04 Å². The molecule has 3 amide bonds. The van der Waals surface area contributed by atoms with Gasteiger partial charge >= 0.3 is 0 Å². The predicted octanol–water partition coefficient (Wildman–Crippen LogP) is 0.835. The highest BCUT2D eigenvalue weighted by Gasteiger charge is 2.36. The first kappa shape index (κ1) is 15.4. The maximum atomic E-state index is 12.2. The van der Waals surface area contributed by atoms with E-state index in [2.05, 4.69) is 5.32 Å². The van der Waals surface area contributed by atoms with Crippen molar-refractivity contribution in [2.24, 2.45) is 0 Å². The van der Waals surface area contributed by atoms with E-state index in [1.807, 2.05) is 6.07 Å². The van der Waals surface area contributed by atoms with Gasteiger partial charge in [-0.15, -0.1) is 0 Å². The Bertz CT molecular complexity index is 671. The van der Waals surface area contributed by atoms with E-state index < -0.39 is 11.9 Å². The highest BCUT2D eigenvalue weighted by molar-refractivity contribution is 6.07. The van der Waals surface area contributed by atoms with Crippen molar-refractivity contribution in [2.75, 3.05) is 6.54 Å². The Balaban J connectivity index is 2.08. The molecule has 112 valence electrons. The minimum Gasteiger partial charge on any atom is -0.327 e. The van der Waals surface area contributed by atoms with E-state index in [9.17, 15) is 14.4 Å². The number of benzene rings is 1. The molecule has 0 radical (unpaired) electrons. The molecule has 0 spiro atoms. The van der Waals surface area contributed by atoms with Crippen molar-refractivity contribution < 1.29 is 14.4 Å². The summed E-state index contributed by atoms with van der Waals surface area (Å²) in [5, 5.41) is 10.9. The van der Waals surface area contributed by atoms with Crippen LogP contribution in [0.3, 0.4) is 0 Å². The Hall–Kier alpha value is -2.94. The van der Waals surface area contributed by atoms with Crippen LogP contribution in [0.5, 0.6) is 0 Å². The first-order valence-corrected chi connectivity index (χ1v) is 6.87. The van der Waals surface area contributed by atoms with Gasteiger partial charge in [0.2, 0.25) is 17.7 Å². The lowest BCUT2D eigenvalue weighted by atomic mass is 10.1. The highest BCUT2D eigenvalue weighted by Crippen LogP contribution is 2.12. The van der Waals surface area contributed by atoms with Crippen LogP contribution in [-0.4, -0.2) is 35.2 Å². The van der Waals surface area contributed by atoms with Gasteiger partial charge in [0.05, 0.1) is 18.1 Å². The van der Waals surface area contributed by atoms with Crippen molar-refractivity contribution in [1.82, 2.24) is 10.2 Å². The fraction of sp³-hybridized carbons (Fsp3) is 0.250. The number of rotatable bonds is 4. The summed E-state index contributed by atoms with van der Waals surface area (Å²) < 4.78 is 0. The van der Waals surface area contributed by atoms with Gasteiger partial charge in [0.15, 0.2) is 0 Å². The second-order valence-corrected chi connectivity index (χ2v) is 4.82. The lowest BCUT2D eigenvalue weighted by Crippen LogP contribution is -2.43. The molecular weight excluding hydrogens is 282 g/mol. The van der Waals surface area contributed by atoms with E-state index in [-0.39, 0.29) is 18.2 Å². The molecule has 22 heavy (non-hydrogen) atoms. The third kappa shape index (κ3) is 3.38. The maximum absolute atomic E-state index is 12.2. The van der Waals surface area contributed by atoms with E-state index in [1.165, 1.54) is 11.0 Å². The Labute approximate surface area is 128 Å². The molecule has 1 aliphatic heterocycles. The molecule has 0 saturated carbocycles. The molecule has 0 unspecified atom stereocenters. The third-order valence-corrected chi connectivity index (χ3v) is 3.40. The monoisotopic (exact) mass is 297 g/mol. The van der Waals surface area contributed by atoms with E-state index in [4.69, 9.17) is 5.26 Å². The van der Waals surface area contributed by atoms with Gasteiger partial charge in [-0.2, -0.15) is 5.26 Å². The zero-order valence-electron chi connectivity index (χ0n) is 12.1. The van der Waals surface area contributed by atoms with Gasteiger partial charge in [-0.05, 0) is 30.7 Å². The lowest BCUT2D eigenvalue weighted by Gasteiger charge is -2.23. The second-order valence-electron chi connectivity index (χ2n) is 4.82.